The molecule has 2 fully saturated rings. The van der Waals surface area contributed by atoms with Crippen LogP contribution in [0.25, 0.3) is 10.9 Å². The van der Waals surface area contributed by atoms with Crippen LogP contribution in [0.15, 0.2) is 17.1 Å². The topological polar surface area (TPSA) is 74.6 Å². The number of nitrogens with zero attached hydrogens (tertiary/aromatic N) is 2. The summed E-state index contributed by atoms with van der Waals surface area (Å²) in [5.41, 5.74) is 0.392. The summed E-state index contributed by atoms with van der Waals surface area (Å²) in [5.74, 6) is -1.72. The first-order chi connectivity index (χ1) is 13.2. The molecule has 1 atom stereocenters. The third-order valence-corrected chi connectivity index (χ3v) is 6.28. The maximum Gasteiger partial charge on any atom is 0.341 e. The van der Waals surface area contributed by atoms with E-state index in [4.69, 9.17) is 0 Å². The first-order valence-electron chi connectivity index (χ1n) is 9.69. The summed E-state index contributed by atoms with van der Waals surface area (Å²) < 4.78 is 17.2. The molecule has 150 valence electrons. The maximum atomic E-state index is 15.4. The lowest BCUT2D eigenvalue weighted by atomic mass is 9.88. The second kappa shape index (κ2) is 6.30. The molecule has 1 aromatic heterocycles. The highest BCUT2D eigenvalue weighted by Gasteiger charge is 2.40. The molecule has 0 radical (unpaired) electrons. The van der Waals surface area contributed by atoms with Crippen LogP contribution in [0.4, 0.5) is 10.1 Å². The quantitative estimate of drug-likeness (QED) is 0.844. The molecule has 0 unspecified atom stereocenters. The number of rotatable bonds is 4. The number of pyridine rings is 1. The first kappa shape index (κ1) is 18.9. The minimum Gasteiger partial charge on any atom is -0.477 e. The molecule has 0 amide bonds. The molecule has 2 aliphatic rings. The summed E-state index contributed by atoms with van der Waals surface area (Å²) >= 11 is 0. The van der Waals surface area contributed by atoms with Gasteiger partial charge in [0.2, 0.25) is 5.43 Å². The molecule has 28 heavy (non-hydrogen) atoms. The number of hydrogen-bond donors (Lipinski definition) is 2. The van der Waals surface area contributed by atoms with E-state index < -0.39 is 17.2 Å². The van der Waals surface area contributed by atoms with Crippen molar-refractivity contribution in [3.63, 3.8) is 0 Å². The molecule has 2 heterocycles. The van der Waals surface area contributed by atoms with Gasteiger partial charge in [-0.05, 0) is 38.3 Å². The third-order valence-electron chi connectivity index (χ3n) is 6.28. The first-order valence-corrected chi connectivity index (χ1v) is 9.69. The Morgan fingerprint density at radius 1 is 1.36 bits per heavy atom. The Balaban J connectivity index is 1.95. The van der Waals surface area contributed by atoms with Crippen molar-refractivity contribution in [2.45, 2.75) is 45.7 Å². The van der Waals surface area contributed by atoms with Gasteiger partial charge in [-0.1, -0.05) is 13.8 Å². The molecule has 7 heteroatoms. The highest BCUT2D eigenvalue weighted by molar-refractivity contribution is 5.95. The van der Waals surface area contributed by atoms with Crippen molar-refractivity contribution >= 4 is 22.6 Å². The number of likely N-dealkylation sites (N-methyl/N-ethyl adjacent to an activating group) is 1. The van der Waals surface area contributed by atoms with Crippen LogP contribution in [0.2, 0.25) is 0 Å². The molecule has 1 aromatic carbocycles. The van der Waals surface area contributed by atoms with E-state index >= 15 is 4.39 Å². The molecule has 2 aromatic rings. The summed E-state index contributed by atoms with van der Waals surface area (Å²) in [6, 6.07) is 2.12. The number of carbonyl (C=O) groups is 1. The number of benzene rings is 1. The largest absolute Gasteiger partial charge is 0.477 e. The standard InChI is InChI=1S/C21H26FN3O3/c1-11-17-14(25(12-5-6-12)8-13(19(17)26)20(27)28)7-15(18(11)22)24-9-16(23-4)21(2,3)10-24/h7-8,12,16,23H,5-6,9-10H2,1-4H3,(H,27,28)/t16-/m0/s1. The summed E-state index contributed by atoms with van der Waals surface area (Å²) in [6.07, 6.45) is 3.29. The highest BCUT2D eigenvalue weighted by atomic mass is 19.1. The fraction of sp³-hybridized carbons (Fsp3) is 0.524. The average molecular weight is 387 g/mol. The van der Waals surface area contributed by atoms with Gasteiger partial charge in [-0.15, -0.1) is 0 Å². The molecular formula is C21H26FN3O3. The molecule has 1 saturated carbocycles. The van der Waals surface area contributed by atoms with Crippen molar-refractivity contribution in [1.82, 2.24) is 9.88 Å². The van der Waals surface area contributed by atoms with Gasteiger partial charge in [-0.2, -0.15) is 0 Å². The van der Waals surface area contributed by atoms with Crippen molar-refractivity contribution in [3.8, 4) is 0 Å². The molecule has 1 aliphatic heterocycles. The summed E-state index contributed by atoms with van der Waals surface area (Å²) in [6.45, 7) is 7.24. The van der Waals surface area contributed by atoms with E-state index in [0.717, 1.165) is 12.8 Å². The van der Waals surface area contributed by atoms with Crippen LogP contribution in [0.3, 0.4) is 0 Å². The Hall–Kier alpha value is -2.41. The van der Waals surface area contributed by atoms with Crippen LogP contribution in [0, 0.1) is 18.2 Å². The van der Waals surface area contributed by atoms with E-state index in [1.54, 1.807) is 13.0 Å². The number of carboxylic acids is 1. The number of fused-ring (bicyclic) bond motifs is 1. The zero-order valence-corrected chi connectivity index (χ0v) is 16.7. The number of anilines is 1. The SMILES string of the molecule is CN[C@H]1CN(c2cc3c(c(C)c2F)c(=O)c(C(=O)O)cn3C2CC2)CC1(C)C. The van der Waals surface area contributed by atoms with E-state index in [9.17, 15) is 14.7 Å². The van der Waals surface area contributed by atoms with Crippen molar-refractivity contribution < 1.29 is 14.3 Å². The lowest BCUT2D eigenvalue weighted by Crippen LogP contribution is -2.38. The minimum atomic E-state index is -1.27. The monoisotopic (exact) mass is 387 g/mol. The van der Waals surface area contributed by atoms with Crippen LogP contribution in [-0.4, -0.2) is 41.8 Å². The summed E-state index contributed by atoms with van der Waals surface area (Å²) in [5, 5.41) is 12.9. The molecule has 4 rings (SSSR count). The van der Waals surface area contributed by atoms with Crippen LogP contribution >= 0.6 is 0 Å². The predicted octanol–water partition coefficient (Wildman–Crippen LogP) is 2.92. The fourth-order valence-electron chi connectivity index (χ4n) is 4.49. The van der Waals surface area contributed by atoms with Crippen LogP contribution in [0.1, 0.15) is 48.7 Å². The molecule has 0 spiro atoms. The maximum absolute atomic E-state index is 15.4. The molecule has 1 saturated heterocycles. The number of aromatic carboxylic acids is 1. The van der Waals surface area contributed by atoms with Gasteiger partial charge < -0.3 is 19.9 Å². The smallest absolute Gasteiger partial charge is 0.341 e. The van der Waals surface area contributed by atoms with Gasteiger partial charge in [-0.3, -0.25) is 4.79 Å². The van der Waals surface area contributed by atoms with Gasteiger partial charge in [0.15, 0.2) is 0 Å². The Morgan fingerprint density at radius 3 is 2.57 bits per heavy atom. The van der Waals surface area contributed by atoms with E-state index in [-0.39, 0.29) is 34.0 Å². The Kier molecular flexibility index (Phi) is 4.26. The van der Waals surface area contributed by atoms with Gasteiger partial charge in [0.05, 0.1) is 16.6 Å². The molecule has 1 aliphatic carbocycles. The van der Waals surface area contributed by atoms with E-state index in [1.165, 1.54) is 6.20 Å². The number of aromatic nitrogens is 1. The van der Waals surface area contributed by atoms with Crippen LogP contribution < -0.4 is 15.6 Å². The highest BCUT2D eigenvalue weighted by Crippen LogP contribution is 2.40. The van der Waals surface area contributed by atoms with Gasteiger partial charge >= 0.3 is 5.97 Å². The number of carboxylic acid groups (broad SMARTS) is 1. The number of aryl methyl sites for hydroxylation is 1. The average Bonchev–Trinajstić information content (AvgIpc) is 3.41. The van der Waals surface area contributed by atoms with Gasteiger partial charge in [0.25, 0.3) is 0 Å². The van der Waals surface area contributed by atoms with Crippen molar-refractivity contribution in [3.05, 3.63) is 39.4 Å². The predicted molar refractivity (Wildman–Crippen MR) is 107 cm³/mol. The minimum absolute atomic E-state index is 0.0205. The molecule has 6 nitrogen and oxygen atoms in total. The zero-order valence-electron chi connectivity index (χ0n) is 16.7. The van der Waals surface area contributed by atoms with Gasteiger partial charge in [0, 0.05) is 36.9 Å². The van der Waals surface area contributed by atoms with Crippen LogP contribution in [0.5, 0.6) is 0 Å². The summed E-state index contributed by atoms with van der Waals surface area (Å²) in [7, 11) is 1.91. The van der Waals surface area contributed by atoms with E-state index in [1.807, 2.05) is 16.5 Å². The fourth-order valence-corrected chi connectivity index (χ4v) is 4.49. The van der Waals surface area contributed by atoms with Crippen molar-refractivity contribution in [1.29, 1.82) is 0 Å². The molecular weight excluding hydrogens is 361 g/mol. The van der Waals surface area contributed by atoms with Crippen molar-refractivity contribution in [2.75, 3.05) is 25.0 Å². The van der Waals surface area contributed by atoms with Crippen molar-refractivity contribution in [2.24, 2.45) is 5.41 Å². The third kappa shape index (κ3) is 2.80. The Bertz CT molecular complexity index is 1040. The second-order valence-corrected chi connectivity index (χ2v) is 8.75. The molecule has 0 bridgehead atoms. The second-order valence-electron chi connectivity index (χ2n) is 8.75. The van der Waals surface area contributed by atoms with E-state index in [2.05, 4.69) is 19.2 Å². The summed E-state index contributed by atoms with van der Waals surface area (Å²) in [4.78, 5) is 26.4. The number of halogens is 1. The van der Waals surface area contributed by atoms with Crippen LogP contribution in [-0.2, 0) is 0 Å². The Labute approximate surface area is 163 Å². The van der Waals surface area contributed by atoms with Gasteiger partial charge in [0.1, 0.15) is 11.4 Å². The number of hydrogen-bond acceptors (Lipinski definition) is 4. The normalized spacial score (nSPS) is 21.5. The molecule has 2 N–H and O–H groups in total. The zero-order chi connectivity index (χ0) is 20.4. The number of nitrogens with one attached hydrogen (secondary N) is 1. The lowest BCUT2D eigenvalue weighted by Gasteiger charge is -2.25. The van der Waals surface area contributed by atoms with E-state index in [0.29, 0.717) is 24.3 Å². The van der Waals surface area contributed by atoms with Gasteiger partial charge in [-0.25, -0.2) is 9.18 Å². The Morgan fingerprint density at radius 2 is 2.04 bits per heavy atom. The lowest BCUT2D eigenvalue weighted by molar-refractivity contribution is 0.0695.